The summed E-state index contributed by atoms with van der Waals surface area (Å²) in [5.74, 6) is -1.84. The Balaban J connectivity index is 1.24. The minimum Gasteiger partial charge on any atom is -0.494 e. The van der Waals surface area contributed by atoms with Gasteiger partial charge in [0.1, 0.15) is 23.5 Å². The second-order valence-electron chi connectivity index (χ2n) is 13.4. The highest BCUT2D eigenvalue weighted by Crippen LogP contribution is 2.30. The second kappa shape index (κ2) is 21.4. The lowest BCUT2D eigenvalue weighted by molar-refractivity contribution is 0.0592. The van der Waals surface area contributed by atoms with E-state index < -0.39 is 23.1 Å². The van der Waals surface area contributed by atoms with Gasteiger partial charge in [-0.3, -0.25) is 18.7 Å². The van der Waals surface area contributed by atoms with Crippen LogP contribution in [0.4, 0.5) is 22.7 Å². The zero-order valence-electron chi connectivity index (χ0n) is 33.0. The molecule has 0 unspecified atom stereocenters. The summed E-state index contributed by atoms with van der Waals surface area (Å²) in [6, 6.07) is 16.5. The SMILES string of the molecule is COC(=O)c1ccccc1N=Nc1c(C#N)c(C)c(O)n(CCCCCCCCCCCCn2c(O)c(C)c(C#N)c(N=Nc3ccccc3C(=O)OC)c2=O)c1=O. The molecule has 0 atom stereocenters. The summed E-state index contributed by atoms with van der Waals surface area (Å²) in [6.07, 6.45) is 8.72. The third kappa shape index (κ3) is 10.5. The first kappa shape index (κ1) is 43.8. The normalized spacial score (nSPS) is 11.1. The fourth-order valence-corrected chi connectivity index (χ4v) is 6.37. The van der Waals surface area contributed by atoms with Crippen molar-refractivity contribution in [3.05, 3.63) is 103 Å². The predicted molar refractivity (Wildman–Crippen MR) is 214 cm³/mol. The average Bonchev–Trinajstić information content (AvgIpc) is 3.24. The first-order valence-corrected chi connectivity index (χ1v) is 18.9. The summed E-state index contributed by atoms with van der Waals surface area (Å²) in [4.78, 5) is 51.0. The summed E-state index contributed by atoms with van der Waals surface area (Å²) in [5, 5.41) is 57.2. The first-order chi connectivity index (χ1) is 28.0. The molecule has 0 fully saturated rings. The largest absolute Gasteiger partial charge is 0.494 e. The zero-order chi connectivity index (χ0) is 42.2. The van der Waals surface area contributed by atoms with E-state index in [0.717, 1.165) is 51.4 Å². The Kier molecular flexibility index (Phi) is 16.1. The van der Waals surface area contributed by atoms with Gasteiger partial charge in [-0.2, -0.15) is 10.5 Å². The number of aromatic hydroxyl groups is 2. The fraction of sp³-hybridized carbons (Fsp3) is 0.381. The van der Waals surface area contributed by atoms with Crippen LogP contribution in [-0.2, 0) is 22.6 Å². The van der Waals surface area contributed by atoms with Crippen molar-refractivity contribution in [3.63, 3.8) is 0 Å². The van der Waals surface area contributed by atoms with Gasteiger partial charge in [0.25, 0.3) is 11.1 Å². The number of aromatic nitrogens is 2. The molecule has 0 aliphatic heterocycles. The van der Waals surface area contributed by atoms with Gasteiger partial charge in [0.05, 0.1) is 36.5 Å². The summed E-state index contributed by atoms with van der Waals surface area (Å²) in [6.45, 7) is 3.52. The number of nitriles is 2. The predicted octanol–water partition coefficient (Wildman–Crippen LogP) is 8.79. The van der Waals surface area contributed by atoms with Gasteiger partial charge in [-0.1, -0.05) is 75.6 Å². The van der Waals surface area contributed by atoms with Crippen LogP contribution in [0, 0.1) is 36.5 Å². The van der Waals surface area contributed by atoms with E-state index in [-0.39, 0.29) is 81.0 Å². The van der Waals surface area contributed by atoms with Gasteiger partial charge in [-0.05, 0) is 51.0 Å². The molecule has 16 nitrogen and oxygen atoms in total. The standard InChI is InChI=1S/C42H46N8O8/c1-27-31(25-43)35(47-45-33-21-15-13-19-29(33)41(55)57-3)39(53)49(37(27)51)23-17-11-9-7-5-6-8-10-12-18-24-50-38(52)28(2)32(26-44)36(40(50)54)48-46-34-22-16-14-20-30(34)42(56)58-4/h13-16,19-22,51-52H,5-12,17-18,23-24H2,1-4H3. The smallest absolute Gasteiger partial charge is 0.340 e. The molecule has 0 spiro atoms. The van der Waals surface area contributed by atoms with Crippen LogP contribution in [0.3, 0.4) is 0 Å². The molecule has 0 radical (unpaired) electrons. The minimum atomic E-state index is -0.655. The zero-order valence-corrected chi connectivity index (χ0v) is 33.0. The molecule has 0 aliphatic carbocycles. The van der Waals surface area contributed by atoms with Crippen molar-refractivity contribution in [1.82, 2.24) is 9.13 Å². The Hall–Kier alpha value is -6.94. The van der Waals surface area contributed by atoms with Crippen molar-refractivity contribution in [2.24, 2.45) is 20.5 Å². The number of esters is 2. The highest BCUT2D eigenvalue weighted by Gasteiger charge is 2.21. The van der Waals surface area contributed by atoms with Gasteiger partial charge in [0.15, 0.2) is 23.1 Å². The van der Waals surface area contributed by atoms with E-state index in [0.29, 0.717) is 12.8 Å². The van der Waals surface area contributed by atoms with Crippen molar-refractivity contribution in [1.29, 1.82) is 10.5 Å². The molecule has 0 saturated heterocycles. The quantitative estimate of drug-likeness (QED) is 0.0520. The van der Waals surface area contributed by atoms with Crippen LogP contribution in [0.1, 0.15) is 107 Å². The van der Waals surface area contributed by atoms with Crippen molar-refractivity contribution in [2.45, 2.75) is 91.1 Å². The Morgan fingerprint density at radius 2 is 0.914 bits per heavy atom. The molecule has 2 aromatic heterocycles. The molecule has 0 saturated carbocycles. The lowest BCUT2D eigenvalue weighted by Crippen LogP contribution is -2.22. The van der Waals surface area contributed by atoms with Gasteiger partial charge in [-0.15, -0.1) is 20.5 Å². The second-order valence-corrected chi connectivity index (χ2v) is 13.4. The van der Waals surface area contributed by atoms with E-state index in [1.54, 1.807) is 24.3 Å². The van der Waals surface area contributed by atoms with Crippen molar-refractivity contribution in [2.75, 3.05) is 14.2 Å². The third-order valence-electron chi connectivity index (χ3n) is 9.67. The van der Waals surface area contributed by atoms with Crippen molar-refractivity contribution < 1.29 is 29.3 Å². The number of azo groups is 2. The lowest BCUT2D eigenvalue weighted by Gasteiger charge is -2.13. The number of benzene rings is 2. The van der Waals surface area contributed by atoms with Crippen LogP contribution in [-0.4, -0.2) is 45.5 Å². The molecule has 4 rings (SSSR count). The number of unbranched alkanes of at least 4 members (excludes halogenated alkanes) is 9. The Labute approximate surface area is 335 Å². The number of rotatable bonds is 19. The topological polar surface area (TPSA) is 234 Å². The van der Waals surface area contributed by atoms with Crippen molar-refractivity contribution in [3.8, 4) is 23.9 Å². The molecule has 2 N–H and O–H groups in total. The number of ether oxygens (including phenoxy) is 2. The monoisotopic (exact) mass is 790 g/mol. The highest BCUT2D eigenvalue weighted by molar-refractivity contribution is 5.95. The molecule has 2 aromatic carbocycles. The Morgan fingerprint density at radius 1 is 0.586 bits per heavy atom. The van der Waals surface area contributed by atoms with Gasteiger partial charge >= 0.3 is 11.9 Å². The van der Waals surface area contributed by atoms with Gasteiger partial charge in [0, 0.05) is 24.2 Å². The van der Waals surface area contributed by atoms with E-state index in [1.807, 2.05) is 12.1 Å². The van der Waals surface area contributed by atoms with Gasteiger partial charge < -0.3 is 19.7 Å². The number of hydrogen-bond donors (Lipinski definition) is 2. The van der Waals surface area contributed by atoms with E-state index in [9.17, 15) is 39.9 Å². The molecule has 16 heteroatoms. The summed E-state index contributed by atoms with van der Waals surface area (Å²) in [5.41, 5.74) is -0.892. The number of pyridine rings is 2. The van der Waals surface area contributed by atoms with Gasteiger partial charge in [-0.25, -0.2) is 9.59 Å². The number of methoxy groups -OCH3 is 2. The van der Waals surface area contributed by atoms with Crippen LogP contribution in [0.15, 0.2) is 78.6 Å². The number of carbonyl (C=O) groups excluding carboxylic acids is 2. The van der Waals surface area contributed by atoms with E-state index >= 15 is 0 Å². The third-order valence-corrected chi connectivity index (χ3v) is 9.67. The average molecular weight is 791 g/mol. The lowest BCUT2D eigenvalue weighted by atomic mass is 10.1. The Bertz CT molecular complexity index is 2240. The number of hydrogen-bond acceptors (Lipinski definition) is 14. The molecule has 0 amide bonds. The Morgan fingerprint density at radius 3 is 1.24 bits per heavy atom. The van der Waals surface area contributed by atoms with Gasteiger partial charge in [0.2, 0.25) is 0 Å². The van der Waals surface area contributed by atoms with E-state index in [2.05, 4.69) is 20.5 Å². The molecule has 0 bridgehead atoms. The maximum Gasteiger partial charge on any atom is 0.340 e. The maximum absolute atomic E-state index is 13.4. The molecule has 0 aliphatic rings. The summed E-state index contributed by atoms with van der Waals surface area (Å²) >= 11 is 0. The van der Waals surface area contributed by atoms with Crippen LogP contribution in [0.5, 0.6) is 11.8 Å². The minimum absolute atomic E-state index is 0.0943. The molecule has 2 heterocycles. The van der Waals surface area contributed by atoms with Crippen LogP contribution < -0.4 is 11.1 Å². The molecular formula is C42H46N8O8. The maximum atomic E-state index is 13.4. The number of carbonyl (C=O) groups is 2. The van der Waals surface area contributed by atoms with Crippen LogP contribution in [0.25, 0.3) is 0 Å². The molecular weight excluding hydrogens is 745 g/mol. The number of nitrogens with zero attached hydrogens (tertiary/aromatic N) is 8. The van der Waals surface area contributed by atoms with E-state index in [1.165, 1.54) is 61.5 Å². The van der Waals surface area contributed by atoms with Crippen LogP contribution in [0.2, 0.25) is 0 Å². The van der Waals surface area contributed by atoms with E-state index in [4.69, 9.17) is 9.47 Å². The van der Waals surface area contributed by atoms with Crippen LogP contribution >= 0.6 is 0 Å². The van der Waals surface area contributed by atoms with Crippen molar-refractivity contribution >= 4 is 34.7 Å². The molecule has 58 heavy (non-hydrogen) atoms. The first-order valence-electron chi connectivity index (χ1n) is 18.9. The molecule has 4 aromatic rings. The summed E-state index contributed by atoms with van der Waals surface area (Å²) < 4.78 is 12.0. The summed E-state index contributed by atoms with van der Waals surface area (Å²) in [7, 11) is 2.48. The molecule has 302 valence electrons. The highest BCUT2D eigenvalue weighted by atomic mass is 16.5. The fourth-order valence-electron chi connectivity index (χ4n) is 6.37.